The third-order valence-corrected chi connectivity index (χ3v) is 11.0. The average molecular weight is 809 g/mol. The van der Waals surface area contributed by atoms with Crippen molar-refractivity contribution in [2.24, 2.45) is 11.5 Å². The second-order valence-corrected chi connectivity index (χ2v) is 15.2. The standard InChI is InChI=1S/C42H53ClN4O2.HI/c1-41(2)32-18-9-11-20-34(32)46(28-13-5-7-22-38(44)48)36(41)26-24-30-16-15-17-31(40(30)43)25-27-37-42(3,4)33-19-10-12-21-35(33)47(37)29-14-6-8-23-39(45)49;/h9-12,18-21,24-27H,5-8,13-17,22-23,28-29H2,1-4H3,(H3-,44,45,48,49);1H. The summed E-state index contributed by atoms with van der Waals surface area (Å²) in [5, 5.41) is 0.859. The molecule has 8 heteroatoms. The molecule has 0 bridgehead atoms. The van der Waals surface area contributed by atoms with Crippen LogP contribution in [0.5, 0.6) is 0 Å². The number of para-hydroxylation sites is 2. The SMILES string of the molecule is CC1(C)C(/C=C/C2=C(Cl)C(=C/C=C3/N(CCCCCC(N)=O)c4ccccc4C3(C)C)/CCC2)=[N+](CCCCCC(N)=O)c2ccccc21.[I-]. The Labute approximate surface area is 321 Å². The Morgan fingerprint density at radius 2 is 1.44 bits per heavy atom. The number of anilines is 1. The summed E-state index contributed by atoms with van der Waals surface area (Å²) in [4.78, 5) is 24.9. The lowest BCUT2D eigenvalue weighted by molar-refractivity contribution is -0.438. The quantitative estimate of drug-likeness (QED) is 0.132. The number of primary amides is 2. The molecule has 268 valence electrons. The van der Waals surface area contributed by atoms with Crippen LogP contribution in [0.15, 0.2) is 94.7 Å². The van der Waals surface area contributed by atoms with E-state index in [1.807, 2.05) is 0 Å². The van der Waals surface area contributed by atoms with Gasteiger partial charge in [0.1, 0.15) is 6.54 Å². The lowest BCUT2D eigenvalue weighted by Crippen LogP contribution is -3.00. The zero-order chi connectivity index (χ0) is 35.2. The molecule has 1 aliphatic carbocycles. The molecule has 4 N–H and O–H groups in total. The molecule has 0 aromatic heterocycles. The van der Waals surface area contributed by atoms with Crippen LogP contribution in [0, 0.1) is 0 Å². The topological polar surface area (TPSA) is 92.4 Å². The van der Waals surface area contributed by atoms with E-state index < -0.39 is 0 Å². The van der Waals surface area contributed by atoms with Crippen molar-refractivity contribution in [2.75, 3.05) is 18.0 Å². The van der Waals surface area contributed by atoms with Gasteiger partial charge >= 0.3 is 0 Å². The number of carbonyl (C=O) groups is 2. The molecule has 0 radical (unpaired) electrons. The number of fused-ring (bicyclic) bond motifs is 2. The molecule has 5 rings (SSSR count). The molecule has 6 nitrogen and oxygen atoms in total. The summed E-state index contributed by atoms with van der Waals surface area (Å²) in [5.41, 5.74) is 20.6. The second-order valence-electron chi connectivity index (χ2n) is 14.8. The summed E-state index contributed by atoms with van der Waals surface area (Å²) in [7, 11) is 0. The molecule has 50 heavy (non-hydrogen) atoms. The minimum absolute atomic E-state index is 0. The lowest BCUT2D eigenvalue weighted by Gasteiger charge is -2.27. The van der Waals surface area contributed by atoms with Gasteiger partial charge < -0.3 is 40.3 Å². The van der Waals surface area contributed by atoms with Crippen molar-refractivity contribution in [2.45, 2.75) is 109 Å². The highest BCUT2D eigenvalue weighted by Crippen LogP contribution is 2.48. The highest BCUT2D eigenvalue weighted by atomic mass is 127. The van der Waals surface area contributed by atoms with E-state index in [2.05, 4.69) is 110 Å². The number of carbonyl (C=O) groups excluding carboxylic acids is 2. The third kappa shape index (κ3) is 8.82. The van der Waals surface area contributed by atoms with Gasteiger partial charge in [-0.25, -0.2) is 0 Å². The van der Waals surface area contributed by atoms with E-state index in [1.54, 1.807) is 0 Å². The maximum atomic E-state index is 11.2. The summed E-state index contributed by atoms with van der Waals surface area (Å²) >= 11 is 7.22. The molecular formula is C42H54ClIN4O2. The molecule has 2 aromatic rings. The fourth-order valence-electron chi connectivity index (χ4n) is 7.82. The van der Waals surface area contributed by atoms with E-state index in [-0.39, 0.29) is 46.6 Å². The Morgan fingerprint density at radius 3 is 2.14 bits per heavy atom. The number of hydrogen-bond acceptors (Lipinski definition) is 3. The molecule has 2 heterocycles. The number of nitrogens with two attached hydrogens (primary N) is 2. The monoisotopic (exact) mass is 808 g/mol. The van der Waals surface area contributed by atoms with Crippen molar-refractivity contribution in [3.63, 3.8) is 0 Å². The Bertz CT molecular complexity index is 1730. The van der Waals surface area contributed by atoms with Crippen LogP contribution in [0.4, 0.5) is 11.4 Å². The molecule has 2 aromatic carbocycles. The number of halogens is 2. The maximum Gasteiger partial charge on any atom is 0.217 e. The van der Waals surface area contributed by atoms with Crippen molar-refractivity contribution < 1.29 is 38.1 Å². The normalized spacial score (nSPS) is 19.3. The van der Waals surface area contributed by atoms with Gasteiger partial charge in [0.05, 0.1) is 5.41 Å². The molecule has 2 amide bonds. The van der Waals surface area contributed by atoms with E-state index >= 15 is 0 Å². The number of nitrogens with zero attached hydrogens (tertiary/aromatic N) is 2. The van der Waals surface area contributed by atoms with E-state index in [4.69, 9.17) is 23.1 Å². The molecule has 3 aliphatic rings. The summed E-state index contributed by atoms with van der Waals surface area (Å²) < 4.78 is 2.46. The number of allylic oxidation sites excluding steroid dienone is 8. The first-order chi connectivity index (χ1) is 23.4. The summed E-state index contributed by atoms with van der Waals surface area (Å²) in [5.74, 6) is -0.457. The first-order valence-corrected chi connectivity index (χ1v) is 18.5. The molecule has 2 aliphatic heterocycles. The minimum Gasteiger partial charge on any atom is -1.00 e. The fraction of sp³-hybridized carbons (Fsp3) is 0.452. The van der Waals surface area contributed by atoms with Crippen LogP contribution in [0.3, 0.4) is 0 Å². The number of rotatable bonds is 15. The van der Waals surface area contributed by atoms with E-state index in [1.165, 1.54) is 45.1 Å². The molecule has 0 unspecified atom stereocenters. The van der Waals surface area contributed by atoms with Gasteiger partial charge in [-0.15, -0.1) is 0 Å². The largest absolute Gasteiger partial charge is 1.00 e. The van der Waals surface area contributed by atoms with Crippen LogP contribution in [0.25, 0.3) is 0 Å². The average Bonchev–Trinajstić information content (AvgIpc) is 3.41. The van der Waals surface area contributed by atoms with Gasteiger partial charge in [0, 0.05) is 65.3 Å². The Kier molecular flexibility index (Phi) is 13.8. The third-order valence-electron chi connectivity index (χ3n) is 10.5. The lowest BCUT2D eigenvalue weighted by atomic mass is 9.81. The first kappa shape index (κ1) is 39.6. The molecular weight excluding hydrogens is 755 g/mol. The number of hydrogen-bond donors (Lipinski definition) is 2. The Balaban J connectivity index is 0.00000562. The van der Waals surface area contributed by atoms with Gasteiger partial charge in [-0.1, -0.05) is 80.4 Å². The number of unbranched alkanes of at least 4 members (excludes halogenated alkanes) is 4. The van der Waals surface area contributed by atoms with Crippen LogP contribution >= 0.6 is 11.6 Å². The number of amides is 2. The molecule has 0 saturated heterocycles. The molecule has 0 spiro atoms. The van der Waals surface area contributed by atoms with Crippen LogP contribution in [0.2, 0.25) is 0 Å². The van der Waals surface area contributed by atoms with Crippen molar-refractivity contribution in [1.82, 2.24) is 0 Å². The maximum absolute atomic E-state index is 11.2. The van der Waals surface area contributed by atoms with E-state index in [9.17, 15) is 9.59 Å². The smallest absolute Gasteiger partial charge is 0.217 e. The van der Waals surface area contributed by atoms with Gasteiger partial charge in [-0.3, -0.25) is 9.59 Å². The predicted molar refractivity (Wildman–Crippen MR) is 203 cm³/mol. The van der Waals surface area contributed by atoms with E-state index in [0.717, 1.165) is 75.9 Å². The number of benzene rings is 2. The molecule has 0 fully saturated rings. The van der Waals surface area contributed by atoms with Crippen molar-refractivity contribution in [3.8, 4) is 0 Å². The second kappa shape index (κ2) is 17.4. The molecule has 0 atom stereocenters. The minimum atomic E-state index is -0.229. The van der Waals surface area contributed by atoms with E-state index in [0.29, 0.717) is 12.8 Å². The molecule has 0 saturated carbocycles. The van der Waals surface area contributed by atoms with Gasteiger partial charge in [-0.2, -0.15) is 4.58 Å². The zero-order valence-electron chi connectivity index (χ0n) is 30.2. The van der Waals surface area contributed by atoms with Gasteiger partial charge in [0.2, 0.25) is 17.5 Å². The van der Waals surface area contributed by atoms with Crippen LogP contribution < -0.4 is 40.3 Å². The highest BCUT2D eigenvalue weighted by molar-refractivity contribution is 6.32. The van der Waals surface area contributed by atoms with Crippen LogP contribution in [-0.4, -0.2) is 35.2 Å². The Hall–Kier alpha value is -3.17. The summed E-state index contributed by atoms with van der Waals surface area (Å²) in [6.45, 7) is 11.0. The fourth-order valence-corrected chi connectivity index (χ4v) is 8.14. The Morgan fingerprint density at radius 1 is 0.800 bits per heavy atom. The summed E-state index contributed by atoms with van der Waals surface area (Å²) in [6.07, 6.45) is 18.5. The van der Waals surface area contributed by atoms with Crippen molar-refractivity contribution in [3.05, 3.63) is 106 Å². The predicted octanol–water partition coefficient (Wildman–Crippen LogP) is 6.00. The van der Waals surface area contributed by atoms with Crippen molar-refractivity contribution in [1.29, 1.82) is 0 Å². The summed E-state index contributed by atoms with van der Waals surface area (Å²) in [6, 6.07) is 17.4. The zero-order valence-corrected chi connectivity index (χ0v) is 33.2. The highest BCUT2D eigenvalue weighted by Gasteiger charge is 2.44. The van der Waals surface area contributed by atoms with Crippen LogP contribution in [-0.2, 0) is 20.4 Å². The van der Waals surface area contributed by atoms with Gasteiger partial charge in [-0.05, 0) is 87.6 Å². The van der Waals surface area contributed by atoms with Crippen molar-refractivity contribution >= 4 is 40.5 Å². The van der Waals surface area contributed by atoms with Gasteiger partial charge in [0.25, 0.3) is 0 Å². The van der Waals surface area contributed by atoms with Crippen LogP contribution in [0.1, 0.15) is 109 Å². The van der Waals surface area contributed by atoms with Gasteiger partial charge in [0.15, 0.2) is 5.71 Å². The first-order valence-electron chi connectivity index (χ1n) is 18.1.